The van der Waals surface area contributed by atoms with Gasteiger partial charge in [0.2, 0.25) is 0 Å². The molecule has 0 spiro atoms. The number of hydrogen-bond acceptors (Lipinski definition) is 6. The van der Waals surface area contributed by atoms with E-state index >= 15 is 0 Å². The Morgan fingerprint density at radius 3 is 2.27 bits per heavy atom. The minimum absolute atomic E-state index is 0.0329. The molecule has 8 nitrogen and oxygen atoms in total. The number of carbonyl (C=O) groups excluding carboxylic acids is 3. The molecule has 2 rings (SSSR count). The van der Waals surface area contributed by atoms with Crippen LogP contribution in [0.4, 0.5) is 5.69 Å². The van der Waals surface area contributed by atoms with Crippen molar-refractivity contribution in [1.82, 2.24) is 10.9 Å². The van der Waals surface area contributed by atoms with Crippen LogP contribution in [-0.4, -0.2) is 38.5 Å². The minimum Gasteiger partial charge on any atom is -0.497 e. The average Bonchev–Trinajstić information content (AvgIpc) is 2.70. The van der Waals surface area contributed by atoms with Crippen LogP contribution < -0.4 is 20.9 Å². The van der Waals surface area contributed by atoms with Crippen molar-refractivity contribution in [3.8, 4) is 5.75 Å². The van der Waals surface area contributed by atoms with Gasteiger partial charge in [0.25, 0.3) is 11.8 Å². The van der Waals surface area contributed by atoms with E-state index in [2.05, 4.69) is 20.9 Å². The third kappa shape index (κ3) is 5.23. The van der Waals surface area contributed by atoms with Crippen molar-refractivity contribution in [1.29, 1.82) is 0 Å². The van der Waals surface area contributed by atoms with Crippen LogP contribution in [0.2, 0.25) is 0 Å². The number of hydrogen-bond donors (Lipinski definition) is 3. The summed E-state index contributed by atoms with van der Waals surface area (Å²) in [4.78, 5) is 35.3. The van der Waals surface area contributed by atoms with Gasteiger partial charge in [-0.2, -0.15) is 0 Å². The third-order valence-electron chi connectivity index (χ3n) is 3.40. The van der Waals surface area contributed by atoms with Gasteiger partial charge < -0.3 is 14.8 Å². The fraction of sp³-hybridized carbons (Fsp3) is 0.167. The smallest absolute Gasteiger partial charge is 0.337 e. The van der Waals surface area contributed by atoms with E-state index in [4.69, 9.17) is 4.74 Å². The van der Waals surface area contributed by atoms with Crippen LogP contribution in [0.1, 0.15) is 20.7 Å². The Bertz CT molecular complexity index is 790. The second-order valence-electron chi connectivity index (χ2n) is 5.16. The number of ether oxygens (including phenoxy) is 2. The Kier molecular flexibility index (Phi) is 6.55. The molecule has 0 heterocycles. The van der Waals surface area contributed by atoms with Crippen molar-refractivity contribution >= 4 is 23.5 Å². The van der Waals surface area contributed by atoms with Crippen LogP contribution in [0.25, 0.3) is 0 Å². The van der Waals surface area contributed by atoms with Gasteiger partial charge in [-0.15, -0.1) is 0 Å². The zero-order chi connectivity index (χ0) is 18.9. The Balaban J connectivity index is 1.82. The molecule has 2 aromatic rings. The molecule has 0 aliphatic rings. The number of rotatable bonds is 6. The molecule has 0 fully saturated rings. The molecule has 0 radical (unpaired) electrons. The SMILES string of the molecule is COC(=O)c1cccc(C(=O)NNC(=O)CNc2ccc(OC)cc2)c1. The average molecular weight is 357 g/mol. The summed E-state index contributed by atoms with van der Waals surface area (Å²) in [6, 6.07) is 13.0. The summed E-state index contributed by atoms with van der Waals surface area (Å²) in [5.74, 6) is -0.819. The van der Waals surface area contributed by atoms with E-state index in [1.54, 1.807) is 37.4 Å². The highest BCUT2D eigenvalue weighted by molar-refractivity contribution is 5.98. The summed E-state index contributed by atoms with van der Waals surface area (Å²) in [7, 11) is 2.82. The van der Waals surface area contributed by atoms with Crippen molar-refractivity contribution in [2.24, 2.45) is 0 Å². The Labute approximate surface area is 150 Å². The quantitative estimate of drug-likeness (QED) is 0.532. The molecule has 26 heavy (non-hydrogen) atoms. The summed E-state index contributed by atoms with van der Waals surface area (Å²) in [6.45, 7) is -0.0329. The minimum atomic E-state index is -0.549. The van der Waals surface area contributed by atoms with E-state index in [1.807, 2.05) is 0 Å². The second-order valence-corrected chi connectivity index (χ2v) is 5.16. The molecule has 0 aromatic heterocycles. The Morgan fingerprint density at radius 2 is 1.62 bits per heavy atom. The first-order valence-electron chi connectivity index (χ1n) is 7.69. The molecule has 0 aliphatic heterocycles. The number of nitrogens with one attached hydrogen (secondary N) is 3. The number of esters is 1. The van der Waals surface area contributed by atoms with Gasteiger partial charge in [-0.25, -0.2) is 4.79 Å². The molecule has 0 atom stereocenters. The lowest BCUT2D eigenvalue weighted by molar-refractivity contribution is -0.120. The van der Waals surface area contributed by atoms with Crippen LogP contribution in [0.3, 0.4) is 0 Å². The molecule has 3 N–H and O–H groups in total. The van der Waals surface area contributed by atoms with Crippen LogP contribution in [-0.2, 0) is 9.53 Å². The standard InChI is InChI=1S/C18H19N3O5/c1-25-15-8-6-14(7-9-15)19-11-16(22)20-21-17(23)12-4-3-5-13(10-12)18(24)26-2/h3-10,19H,11H2,1-2H3,(H,20,22)(H,21,23). The fourth-order valence-corrected chi connectivity index (χ4v) is 2.04. The summed E-state index contributed by atoms with van der Waals surface area (Å²) >= 11 is 0. The number of carbonyl (C=O) groups is 3. The van der Waals surface area contributed by atoms with E-state index < -0.39 is 17.8 Å². The lowest BCUT2D eigenvalue weighted by Gasteiger charge is -2.10. The van der Waals surface area contributed by atoms with E-state index in [9.17, 15) is 14.4 Å². The van der Waals surface area contributed by atoms with Crippen molar-refractivity contribution in [2.75, 3.05) is 26.1 Å². The summed E-state index contributed by atoms with van der Waals surface area (Å²) in [5, 5.41) is 2.91. The van der Waals surface area contributed by atoms with Crippen molar-refractivity contribution in [3.63, 3.8) is 0 Å². The lowest BCUT2D eigenvalue weighted by atomic mass is 10.1. The first kappa shape index (κ1) is 18.8. The van der Waals surface area contributed by atoms with Gasteiger partial charge in [0.1, 0.15) is 5.75 Å². The summed E-state index contributed by atoms with van der Waals surface area (Å²) in [6.07, 6.45) is 0. The first-order chi connectivity index (χ1) is 12.5. The topological polar surface area (TPSA) is 106 Å². The van der Waals surface area contributed by atoms with E-state index in [1.165, 1.54) is 25.3 Å². The molecule has 0 saturated carbocycles. The number of methoxy groups -OCH3 is 2. The maximum absolute atomic E-state index is 12.0. The van der Waals surface area contributed by atoms with Crippen molar-refractivity contribution in [3.05, 3.63) is 59.7 Å². The van der Waals surface area contributed by atoms with Crippen LogP contribution in [0.15, 0.2) is 48.5 Å². The highest BCUT2D eigenvalue weighted by atomic mass is 16.5. The van der Waals surface area contributed by atoms with Crippen LogP contribution in [0, 0.1) is 0 Å². The molecule has 0 unspecified atom stereocenters. The normalized spacial score (nSPS) is 9.77. The van der Waals surface area contributed by atoms with E-state index in [0.29, 0.717) is 5.75 Å². The van der Waals surface area contributed by atoms with Gasteiger partial charge in [0.05, 0.1) is 26.3 Å². The van der Waals surface area contributed by atoms with E-state index in [0.717, 1.165) is 5.69 Å². The van der Waals surface area contributed by atoms with Gasteiger partial charge in [0, 0.05) is 11.3 Å². The number of amides is 2. The highest BCUT2D eigenvalue weighted by Crippen LogP contribution is 2.14. The third-order valence-corrected chi connectivity index (χ3v) is 3.40. The molecule has 8 heteroatoms. The predicted molar refractivity (Wildman–Crippen MR) is 94.9 cm³/mol. The molecular weight excluding hydrogens is 338 g/mol. The van der Waals surface area contributed by atoms with Gasteiger partial charge in [0.15, 0.2) is 0 Å². The highest BCUT2D eigenvalue weighted by Gasteiger charge is 2.11. The summed E-state index contributed by atoms with van der Waals surface area (Å²) < 4.78 is 9.65. The Morgan fingerprint density at radius 1 is 0.923 bits per heavy atom. The van der Waals surface area contributed by atoms with E-state index in [-0.39, 0.29) is 17.7 Å². The van der Waals surface area contributed by atoms with Crippen molar-refractivity contribution < 1.29 is 23.9 Å². The lowest BCUT2D eigenvalue weighted by Crippen LogP contribution is -2.44. The molecule has 2 aromatic carbocycles. The number of hydrazine groups is 1. The first-order valence-corrected chi connectivity index (χ1v) is 7.69. The predicted octanol–water partition coefficient (Wildman–Crippen LogP) is 1.35. The molecular formula is C18H19N3O5. The second kappa shape index (κ2) is 9.07. The van der Waals surface area contributed by atoms with Gasteiger partial charge in [-0.1, -0.05) is 6.07 Å². The van der Waals surface area contributed by atoms with Gasteiger partial charge >= 0.3 is 5.97 Å². The number of benzene rings is 2. The maximum Gasteiger partial charge on any atom is 0.337 e. The molecule has 0 bridgehead atoms. The fourth-order valence-electron chi connectivity index (χ4n) is 2.04. The van der Waals surface area contributed by atoms with Crippen LogP contribution in [0.5, 0.6) is 5.75 Å². The largest absolute Gasteiger partial charge is 0.497 e. The zero-order valence-corrected chi connectivity index (χ0v) is 14.4. The Hall–Kier alpha value is -3.55. The monoisotopic (exact) mass is 357 g/mol. The molecule has 2 amide bonds. The summed E-state index contributed by atoms with van der Waals surface area (Å²) in [5.41, 5.74) is 5.78. The van der Waals surface area contributed by atoms with Crippen molar-refractivity contribution in [2.45, 2.75) is 0 Å². The molecule has 136 valence electrons. The zero-order valence-electron chi connectivity index (χ0n) is 14.4. The van der Waals surface area contributed by atoms with Gasteiger partial charge in [-0.3, -0.25) is 20.4 Å². The molecule has 0 aliphatic carbocycles. The van der Waals surface area contributed by atoms with Gasteiger partial charge in [-0.05, 0) is 42.5 Å². The molecule has 0 saturated heterocycles. The number of anilines is 1. The maximum atomic E-state index is 12.0. The van der Waals surface area contributed by atoms with Crippen LogP contribution >= 0.6 is 0 Å².